The summed E-state index contributed by atoms with van der Waals surface area (Å²) in [6.07, 6.45) is 1.39. The summed E-state index contributed by atoms with van der Waals surface area (Å²) >= 11 is 0. The Bertz CT molecular complexity index is 269. The Morgan fingerprint density at radius 2 is 2.31 bits per heavy atom. The number of pyridine rings is 1. The molecular weight excluding hydrogens is 173 g/mol. The molecule has 1 saturated heterocycles. The third kappa shape index (κ3) is 2.02. The van der Waals surface area contributed by atoms with Crippen LogP contribution in [0.15, 0.2) is 18.3 Å². The van der Waals surface area contributed by atoms with Crippen molar-refractivity contribution in [3.05, 3.63) is 29.8 Å². The molecule has 0 N–H and O–H groups in total. The molecule has 1 aliphatic heterocycles. The molecule has 1 aromatic rings. The van der Waals surface area contributed by atoms with Gasteiger partial charge in [-0.3, -0.25) is 0 Å². The lowest BCUT2D eigenvalue weighted by atomic mass is 10.1. The van der Waals surface area contributed by atoms with Gasteiger partial charge in [-0.05, 0) is 6.07 Å². The van der Waals surface area contributed by atoms with Crippen molar-refractivity contribution in [3.63, 3.8) is 0 Å². The van der Waals surface area contributed by atoms with Gasteiger partial charge in [0.1, 0.15) is 6.10 Å². The fourth-order valence-electron chi connectivity index (χ4n) is 1.26. The van der Waals surface area contributed by atoms with E-state index >= 15 is 0 Å². The van der Waals surface area contributed by atoms with E-state index in [1.54, 1.807) is 6.07 Å². The van der Waals surface area contributed by atoms with Gasteiger partial charge < -0.3 is 9.47 Å². The molecule has 2 heterocycles. The summed E-state index contributed by atoms with van der Waals surface area (Å²) in [4.78, 5) is 3.55. The maximum absolute atomic E-state index is 12.5. The van der Waals surface area contributed by atoms with Crippen LogP contribution in [0.5, 0.6) is 0 Å². The second kappa shape index (κ2) is 3.81. The lowest BCUT2D eigenvalue weighted by Crippen LogP contribution is -2.22. The first kappa shape index (κ1) is 8.59. The van der Waals surface area contributed by atoms with Crippen molar-refractivity contribution in [2.24, 2.45) is 0 Å². The van der Waals surface area contributed by atoms with Crippen molar-refractivity contribution in [2.75, 3.05) is 19.8 Å². The Morgan fingerprint density at radius 1 is 1.38 bits per heavy atom. The van der Waals surface area contributed by atoms with E-state index in [1.165, 1.54) is 12.3 Å². The lowest BCUT2D eigenvalue weighted by molar-refractivity contribution is -0.0902. The van der Waals surface area contributed by atoms with Gasteiger partial charge in [-0.25, -0.2) is 4.98 Å². The molecule has 3 nitrogen and oxygen atoms in total. The van der Waals surface area contributed by atoms with Gasteiger partial charge in [-0.15, -0.1) is 0 Å². The SMILES string of the molecule is Fc1ccc(C2COCCO2)cn1. The summed E-state index contributed by atoms with van der Waals surface area (Å²) in [5.41, 5.74) is 0.862. The third-order valence-corrected chi connectivity index (χ3v) is 1.94. The molecule has 1 aliphatic rings. The smallest absolute Gasteiger partial charge is 0.212 e. The van der Waals surface area contributed by atoms with Crippen molar-refractivity contribution in [1.29, 1.82) is 0 Å². The van der Waals surface area contributed by atoms with E-state index in [2.05, 4.69) is 4.98 Å². The number of nitrogens with zero attached hydrogens (tertiary/aromatic N) is 1. The van der Waals surface area contributed by atoms with E-state index in [0.717, 1.165) is 5.56 Å². The fraction of sp³-hybridized carbons (Fsp3) is 0.444. The van der Waals surface area contributed by atoms with Crippen LogP contribution >= 0.6 is 0 Å². The number of hydrogen-bond donors (Lipinski definition) is 0. The predicted molar refractivity (Wildman–Crippen MR) is 43.7 cm³/mol. The van der Waals surface area contributed by atoms with Gasteiger partial charge in [0.05, 0.1) is 19.8 Å². The molecule has 1 unspecified atom stereocenters. The molecule has 13 heavy (non-hydrogen) atoms. The summed E-state index contributed by atoms with van der Waals surface area (Å²) in [6.45, 7) is 1.74. The quantitative estimate of drug-likeness (QED) is 0.615. The highest BCUT2D eigenvalue weighted by Crippen LogP contribution is 2.19. The Morgan fingerprint density at radius 3 is 2.92 bits per heavy atom. The summed E-state index contributed by atoms with van der Waals surface area (Å²) < 4.78 is 23.1. The van der Waals surface area contributed by atoms with E-state index in [9.17, 15) is 4.39 Å². The lowest BCUT2D eigenvalue weighted by Gasteiger charge is -2.22. The first-order valence-corrected chi connectivity index (χ1v) is 4.17. The summed E-state index contributed by atoms with van der Waals surface area (Å²) in [6, 6.07) is 3.00. The molecule has 1 atom stereocenters. The minimum Gasteiger partial charge on any atom is -0.376 e. The molecular formula is C9H10FNO2. The Kier molecular flexibility index (Phi) is 2.52. The Labute approximate surface area is 75.5 Å². The van der Waals surface area contributed by atoms with Crippen LogP contribution in [0.1, 0.15) is 11.7 Å². The van der Waals surface area contributed by atoms with Crippen molar-refractivity contribution in [1.82, 2.24) is 4.98 Å². The minimum atomic E-state index is -0.472. The first-order chi connectivity index (χ1) is 6.36. The van der Waals surface area contributed by atoms with E-state index in [-0.39, 0.29) is 6.10 Å². The van der Waals surface area contributed by atoms with Crippen LogP contribution in [-0.4, -0.2) is 24.8 Å². The molecule has 1 fully saturated rings. The van der Waals surface area contributed by atoms with Crippen molar-refractivity contribution in [3.8, 4) is 0 Å². The van der Waals surface area contributed by atoms with Crippen LogP contribution in [0.2, 0.25) is 0 Å². The zero-order chi connectivity index (χ0) is 9.10. The Balaban J connectivity index is 2.10. The fourth-order valence-corrected chi connectivity index (χ4v) is 1.26. The van der Waals surface area contributed by atoms with Gasteiger partial charge in [0, 0.05) is 11.8 Å². The monoisotopic (exact) mass is 183 g/mol. The number of hydrogen-bond acceptors (Lipinski definition) is 3. The highest BCUT2D eigenvalue weighted by Gasteiger charge is 2.16. The second-order valence-corrected chi connectivity index (χ2v) is 2.85. The van der Waals surface area contributed by atoms with Crippen LogP contribution < -0.4 is 0 Å². The molecule has 0 spiro atoms. The number of aromatic nitrogens is 1. The average Bonchev–Trinajstić information content (AvgIpc) is 2.20. The molecule has 0 amide bonds. The molecule has 1 aromatic heterocycles. The van der Waals surface area contributed by atoms with Crippen LogP contribution in [0, 0.1) is 5.95 Å². The topological polar surface area (TPSA) is 31.4 Å². The Hall–Kier alpha value is -1.00. The van der Waals surface area contributed by atoms with Crippen molar-refractivity contribution < 1.29 is 13.9 Å². The molecule has 0 radical (unpaired) electrons. The van der Waals surface area contributed by atoms with E-state index < -0.39 is 5.95 Å². The average molecular weight is 183 g/mol. The second-order valence-electron chi connectivity index (χ2n) is 2.85. The third-order valence-electron chi connectivity index (χ3n) is 1.94. The van der Waals surface area contributed by atoms with Gasteiger partial charge in [0.2, 0.25) is 5.95 Å². The minimum absolute atomic E-state index is 0.0955. The molecule has 0 bridgehead atoms. The standard InChI is InChI=1S/C9H10FNO2/c10-9-2-1-7(5-11-9)8-6-12-3-4-13-8/h1-2,5,8H,3-4,6H2. The van der Waals surface area contributed by atoms with Crippen LogP contribution in [0.4, 0.5) is 4.39 Å². The summed E-state index contributed by atoms with van der Waals surface area (Å²) in [5, 5.41) is 0. The molecule has 4 heteroatoms. The van der Waals surface area contributed by atoms with E-state index in [4.69, 9.17) is 9.47 Å². The van der Waals surface area contributed by atoms with Crippen LogP contribution in [0.25, 0.3) is 0 Å². The normalized spacial score (nSPS) is 23.0. The maximum atomic E-state index is 12.5. The number of rotatable bonds is 1. The van der Waals surface area contributed by atoms with Gasteiger partial charge in [-0.2, -0.15) is 4.39 Å². The predicted octanol–water partition coefficient (Wildman–Crippen LogP) is 1.31. The molecule has 0 aromatic carbocycles. The highest BCUT2D eigenvalue weighted by atomic mass is 19.1. The van der Waals surface area contributed by atoms with Crippen LogP contribution in [-0.2, 0) is 9.47 Å². The van der Waals surface area contributed by atoms with Gasteiger partial charge in [-0.1, -0.05) is 6.07 Å². The number of halogens is 1. The van der Waals surface area contributed by atoms with Gasteiger partial charge >= 0.3 is 0 Å². The van der Waals surface area contributed by atoms with Crippen molar-refractivity contribution in [2.45, 2.75) is 6.10 Å². The summed E-state index contributed by atoms with van der Waals surface area (Å²) in [5.74, 6) is -0.472. The van der Waals surface area contributed by atoms with Gasteiger partial charge in [0.25, 0.3) is 0 Å². The molecule has 70 valence electrons. The van der Waals surface area contributed by atoms with Crippen LogP contribution in [0.3, 0.4) is 0 Å². The zero-order valence-electron chi connectivity index (χ0n) is 7.07. The molecule has 0 saturated carbocycles. The molecule has 0 aliphatic carbocycles. The van der Waals surface area contributed by atoms with Crippen molar-refractivity contribution >= 4 is 0 Å². The zero-order valence-corrected chi connectivity index (χ0v) is 7.07. The first-order valence-electron chi connectivity index (χ1n) is 4.17. The highest BCUT2D eigenvalue weighted by molar-refractivity contribution is 5.13. The molecule has 2 rings (SSSR count). The van der Waals surface area contributed by atoms with E-state index in [1.807, 2.05) is 0 Å². The largest absolute Gasteiger partial charge is 0.376 e. The van der Waals surface area contributed by atoms with E-state index in [0.29, 0.717) is 19.8 Å². The maximum Gasteiger partial charge on any atom is 0.212 e. The number of ether oxygens (including phenoxy) is 2. The summed E-state index contributed by atoms with van der Waals surface area (Å²) in [7, 11) is 0. The van der Waals surface area contributed by atoms with Gasteiger partial charge in [0.15, 0.2) is 0 Å².